The molecule has 8 nitrogen and oxygen atoms in total. The standard InChI is InChI=1S/C20H24N2O.C9H18N2.C9H7N.CO2.ClH/c1-20(2)17(14-7-9-22(20)10-8-14)12-19(23)18-11-15-5-3-4-6-16(15)13-21-18;1-9(2)8(10)7-3-5-11(9)6-4-7;1-2-4-9-7-10-6-5-8(9)3-1;2-1-3;/h3-6,11,13-14,17H,7-10,12H2,1-2H3;7-8H,3-6,10H2,1-2H3;1-7H;;1H/t17-;8-;;;/m11.../s1. The van der Waals surface area contributed by atoms with Crippen LogP contribution in [0.25, 0.3) is 21.5 Å². The molecule has 4 aromatic rings. The van der Waals surface area contributed by atoms with Gasteiger partial charge in [0.25, 0.3) is 0 Å². The lowest BCUT2D eigenvalue weighted by atomic mass is 9.65. The average Bonchev–Trinajstić information content (AvgIpc) is 3.10. The van der Waals surface area contributed by atoms with Gasteiger partial charge in [-0.2, -0.15) is 9.59 Å². The molecule has 6 aliphatic heterocycles. The average molecular weight is 672 g/mol. The van der Waals surface area contributed by atoms with Crippen molar-refractivity contribution in [1.29, 1.82) is 0 Å². The third-order valence-corrected chi connectivity index (χ3v) is 11.4. The maximum Gasteiger partial charge on any atom is 0.373 e. The molecule has 9 heteroatoms. The Hall–Kier alpha value is -3.52. The van der Waals surface area contributed by atoms with Crippen LogP contribution in [0.3, 0.4) is 0 Å². The smallest absolute Gasteiger partial charge is 0.326 e. The first kappa shape index (κ1) is 37.3. The molecule has 0 unspecified atom stereocenters. The Morgan fingerprint density at radius 2 is 1.27 bits per heavy atom. The van der Waals surface area contributed by atoms with Crippen molar-refractivity contribution < 1.29 is 14.4 Å². The molecule has 2 N–H and O–H groups in total. The summed E-state index contributed by atoms with van der Waals surface area (Å²) in [5, 5.41) is 4.63. The Balaban J connectivity index is 0.000000173. The van der Waals surface area contributed by atoms with Crippen LogP contribution in [-0.2, 0) is 9.59 Å². The van der Waals surface area contributed by atoms with E-state index in [2.05, 4.69) is 59.6 Å². The molecule has 0 aliphatic carbocycles. The minimum atomic E-state index is 0. The number of piperidine rings is 6. The molecule has 6 fully saturated rings. The fourth-order valence-electron chi connectivity index (χ4n) is 8.30. The summed E-state index contributed by atoms with van der Waals surface area (Å²) in [7, 11) is 0. The Morgan fingerprint density at radius 3 is 1.77 bits per heavy atom. The molecule has 0 spiro atoms. The van der Waals surface area contributed by atoms with Crippen LogP contribution in [-0.4, -0.2) is 75.0 Å². The summed E-state index contributed by atoms with van der Waals surface area (Å²) in [5.41, 5.74) is 7.17. The lowest BCUT2D eigenvalue weighted by Gasteiger charge is -2.56. The van der Waals surface area contributed by atoms with Gasteiger partial charge in [0.1, 0.15) is 5.69 Å². The van der Waals surface area contributed by atoms with Crippen molar-refractivity contribution in [2.75, 3.05) is 26.2 Å². The van der Waals surface area contributed by atoms with Crippen LogP contribution in [0, 0.1) is 17.8 Å². The Morgan fingerprint density at radius 1 is 0.771 bits per heavy atom. The number of fused-ring (bicyclic) bond motifs is 8. The van der Waals surface area contributed by atoms with E-state index in [0.717, 1.165) is 16.7 Å². The fraction of sp³-hybridized carbons (Fsp3) is 0.487. The van der Waals surface area contributed by atoms with Gasteiger partial charge in [-0.3, -0.25) is 24.6 Å². The second-order valence-electron chi connectivity index (χ2n) is 14.4. The highest BCUT2D eigenvalue weighted by molar-refractivity contribution is 5.98. The molecule has 10 rings (SSSR count). The van der Waals surface area contributed by atoms with Crippen LogP contribution in [0.4, 0.5) is 0 Å². The van der Waals surface area contributed by atoms with Gasteiger partial charge in [-0.1, -0.05) is 48.5 Å². The highest BCUT2D eigenvalue weighted by atomic mass is 35.5. The van der Waals surface area contributed by atoms with Crippen molar-refractivity contribution in [3.05, 3.63) is 84.9 Å². The van der Waals surface area contributed by atoms with Gasteiger partial charge in [0.05, 0.1) is 0 Å². The van der Waals surface area contributed by atoms with Crippen LogP contribution in [0.2, 0.25) is 0 Å². The summed E-state index contributed by atoms with van der Waals surface area (Å²) < 4.78 is 0. The number of aromatic nitrogens is 2. The summed E-state index contributed by atoms with van der Waals surface area (Å²) in [6, 6.07) is 20.6. The molecule has 0 radical (unpaired) electrons. The molecule has 48 heavy (non-hydrogen) atoms. The number of hydrogen-bond donors (Lipinski definition) is 1. The molecule has 0 saturated carbocycles. The van der Waals surface area contributed by atoms with Crippen molar-refractivity contribution >= 4 is 45.9 Å². The normalized spacial score (nSPS) is 27.0. The van der Waals surface area contributed by atoms with Crippen molar-refractivity contribution in [1.82, 2.24) is 19.8 Å². The van der Waals surface area contributed by atoms with Crippen LogP contribution in [0.15, 0.2) is 79.3 Å². The van der Waals surface area contributed by atoms with Crippen molar-refractivity contribution in [2.24, 2.45) is 23.5 Å². The number of carbonyl (C=O) groups excluding carboxylic acids is 3. The number of halogens is 1. The minimum Gasteiger partial charge on any atom is -0.326 e. The van der Waals surface area contributed by atoms with Crippen molar-refractivity contribution in [2.45, 2.75) is 76.9 Å². The number of nitrogens with zero attached hydrogens (tertiary/aromatic N) is 4. The number of benzene rings is 2. The van der Waals surface area contributed by atoms with Crippen LogP contribution in [0.1, 0.15) is 70.3 Å². The van der Waals surface area contributed by atoms with Crippen LogP contribution < -0.4 is 5.73 Å². The molecule has 0 amide bonds. The molecule has 8 heterocycles. The minimum absolute atomic E-state index is 0. The predicted molar refractivity (Wildman–Crippen MR) is 193 cm³/mol. The highest BCUT2D eigenvalue weighted by Crippen LogP contribution is 2.45. The molecule has 6 saturated heterocycles. The van der Waals surface area contributed by atoms with E-state index in [9.17, 15) is 4.79 Å². The summed E-state index contributed by atoms with van der Waals surface area (Å²) in [4.78, 5) is 42.6. The Bertz CT molecular complexity index is 1620. The Labute approximate surface area is 290 Å². The first-order valence-electron chi connectivity index (χ1n) is 17.0. The van der Waals surface area contributed by atoms with Gasteiger partial charge in [-0.15, -0.1) is 12.4 Å². The van der Waals surface area contributed by atoms with Gasteiger partial charge in [-0.25, -0.2) is 0 Å². The number of carbonyl (C=O) groups is 1. The number of nitrogens with two attached hydrogens (primary N) is 1. The first-order chi connectivity index (χ1) is 22.6. The summed E-state index contributed by atoms with van der Waals surface area (Å²) in [5.74, 6) is 2.14. The van der Waals surface area contributed by atoms with Crippen molar-refractivity contribution in [3.63, 3.8) is 0 Å². The monoisotopic (exact) mass is 671 g/mol. The van der Waals surface area contributed by atoms with E-state index < -0.39 is 0 Å². The third kappa shape index (κ3) is 8.19. The summed E-state index contributed by atoms with van der Waals surface area (Å²) in [6.07, 6.45) is 11.5. The SMILES string of the molecule is CC1(C)[C@H](CC(=O)c2cc3ccccc3cn2)C2CCN1CC2.CC1(C)[C@H](N)C2CCN1CC2.Cl.O=C=O.c1ccc2cnccc2c1. The maximum absolute atomic E-state index is 12.8. The zero-order chi connectivity index (χ0) is 33.6. The molecule has 2 aromatic carbocycles. The first-order valence-corrected chi connectivity index (χ1v) is 17.0. The van der Waals surface area contributed by atoms with Gasteiger partial charge in [0.2, 0.25) is 0 Å². The van der Waals surface area contributed by atoms with E-state index in [1.54, 1.807) is 0 Å². The van der Waals surface area contributed by atoms with Gasteiger partial charge < -0.3 is 5.73 Å². The number of ketones is 1. The van der Waals surface area contributed by atoms with Crippen LogP contribution in [0.5, 0.6) is 0 Å². The zero-order valence-electron chi connectivity index (χ0n) is 28.7. The van der Waals surface area contributed by atoms with Gasteiger partial charge in [-0.05, 0) is 126 Å². The Kier molecular flexibility index (Phi) is 12.6. The molecule has 6 aliphatic rings. The molecule has 2 atom stereocenters. The summed E-state index contributed by atoms with van der Waals surface area (Å²) in [6.45, 7) is 14.1. The number of rotatable bonds is 3. The lowest BCUT2D eigenvalue weighted by Crippen LogP contribution is -2.67. The molecule has 256 valence electrons. The van der Waals surface area contributed by atoms with E-state index in [-0.39, 0.29) is 35.4 Å². The van der Waals surface area contributed by atoms with E-state index in [1.807, 2.05) is 67.1 Å². The summed E-state index contributed by atoms with van der Waals surface area (Å²) >= 11 is 0. The van der Waals surface area contributed by atoms with E-state index in [4.69, 9.17) is 15.3 Å². The highest BCUT2D eigenvalue weighted by Gasteiger charge is 2.48. The molecular weight excluding hydrogens is 622 g/mol. The van der Waals surface area contributed by atoms with Crippen molar-refractivity contribution in [3.8, 4) is 0 Å². The second-order valence-corrected chi connectivity index (χ2v) is 14.4. The lowest BCUT2D eigenvalue weighted by molar-refractivity contribution is -0.191. The van der Waals surface area contributed by atoms with Gasteiger partial charge in [0, 0.05) is 47.5 Å². The van der Waals surface area contributed by atoms with E-state index in [1.165, 1.54) is 62.6 Å². The second kappa shape index (κ2) is 16.3. The topological polar surface area (TPSA) is 109 Å². The quantitative estimate of drug-likeness (QED) is 0.237. The molecule has 4 bridgehead atoms. The maximum atomic E-state index is 12.8. The fourth-order valence-corrected chi connectivity index (χ4v) is 8.30. The number of pyridine rings is 2. The number of Topliss-reactive ketones (excluding diaryl/α,β-unsaturated/α-hetero) is 1. The van der Waals surface area contributed by atoms with E-state index >= 15 is 0 Å². The molecule has 2 aromatic heterocycles. The van der Waals surface area contributed by atoms with Gasteiger partial charge in [0.15, 0.2) is 5.78 Å². The van der Waals surface area contributed by atoms with Crippen LogP contribution >= 0.6 is 12.4 Å². The van der Waals surface area contributed by atoms with E-state index in [0.29, 0.717) is 30.0 Å². The zero-order valence-corrected chi connectivity index (χ0v) is 29.5. The molecular formula is C39H50ClN5O3. The largest absolute Gasteiger partial charge is 0.373 e. The van der Waals surface area contributed by atoms with Gasteiger partial charge >= 0.3 is 6.15 Å². The number of hydrogen-bond acceptors (Lipinski definition) is 8. The third-order valence-electron chi connectivity index (χ3n) is 11.4. The predicted octanol–water partition coefficient (Wildman–Crippen LogP) is 6.82.